The molecule has 90 valence electrons. The van der Waals surface area contributed by atoms with Crippen LogP contribution in [0.2, 0.25) is 0 Å². The van der Waals surface area contributed by atoms with Crippen molar-refractivity contribution in [1.29, 1.82) is 0 Å². The summed E-state index contributed by atoms with van der Waals surface area (Å²) in [6.45, 7) is 1.81. The van der Waals surface area contributed by atoms with E-state index in [1.165, 1.54) is 5.56 Å². The number of benzene rings is 1. The largest absolute Gasteiger partial charge is 0.354 e. The number of nitrogens with one attached hydrogen (secondary N) is 1. The van der Waals surface area contributed by atoms with E-state index in [2.05, 4.69) is 27.5 Å². The van der Waals surface area contributed by atoms with Gasteiger partial charge in [0.1, 0.15) is 6.54 Å². The summed E-state index contributed by atoms with van der Waals surface area (Å²) in [5, 5.41) is 5.99. The summed E-state index contributed by atoms with van der Waals surface area (Å²) in [5.74, 6) is -0.233. The Morgan fingerprint density at radius 2 is 2.18 bits per heavy atom. The van der Waals surface area contributed by atoms with Crippen molar-refractivity contribution in [3.63, 3.8) is 0 Å². The summed E-state index contributed by atoms with van der Waals surface area (Å²) in [5.41, 5.74) is 9.33. The molecule has 0 aliphatic heterocycles. The normalized spacial score (nSPS) is 11.4. The lowest BCUT2D eigenvalue weighted by atomic mass is 10.1. The van der Waals surface area contributed by atoms with Gasteiger partial charge in [-0.05, 0) is 30.9 Å². The maximum atomic E-state index is 11.2. The maximum absolute atomic E-state index is 11.2. The average Bonchev–Trinajstić information content (AvgIpc) is 2.35. The van der Waals surface area contributed by atoms with E-state index in [0.29, 0.717) is 0 Å². The first-order valence-electron chi connectivity index (χ1n) is 5.56. The van der Waals surface area contributed by atoms with Gasteiger partial charge in [-0.2, -0.15) is 0 Å². The molecule has 1 atom stereocenters. The zero-order chi connectivity index (χ0) is 12.5. The molecule has 0 saturated carbocycles. The molecule has 0 heterocycles. The molecule has 0 radical (unpaired) electrons. The van der Waals surface area contributed by atoms with Gasteiger partial charge in [-0.3, -0.25) is 4.79 Å². The van der Waals surface area contributed by atoms with Crippen molar-refractivity contribution in [2.75, 3.05) is 6.54 Å². The number of nitrogens with zero attached hydrogens (tertiary/aromatic N) is 3. The molecule has 1 N–H and O–H groups in total. The summed E-state index contributed by atoms with van der Waals surface area (Å²) >= 11 is 0. The van der Waals surface area contributed by atoms with E-state index in [1.807, 2.05) is 25.1 Å². The van der Waals surface area contributed by atoms with Crippen LogP contribution in [0.15, 0.2) is 35.4 Å². The molecule has 1 amide bonds. The second kappa shape index (κ2) is 7.30. The SMILES string of the molecule is C[C@@H](CCc1ccccc1)NC(=O)CN=[N+]=[N-]. The van der Waals surface area contributed by atoms with Gasteiger partial charge in [0, 0.05) is 11.0 Å². The highest BCUT2D eigenvalue weighted by Gasteiger charge is 2.06. The van der Waals surface area contributed by atoms with Gasteiger partial charge in [-0.1, -0.05) is 35.4 Å². The van der Waals surface area contributed by atoms with Crippen LogP contribution in [0.4, 0.5) is 0 Å². The Labute approximate surface area is 100 Å². The Morgan fingerprint density at radius 1 is 1.47 bits per heavy atom. The lowest BCUT2D eigenvalue weighted by Gasteiger charge is -2.12. The van der Waals surface area contributed by atoms with Gasteiger partial charge >= 0.3 is 0 Å². The minimum Gasteiger partial charge on any atom is -0.354 e. The van der Waals surface area contributed by atoms with E-state index in [-0.39, 0.29) is 18.5 Å². The van der Waals surface area contributed by atoms with Crippen LogP contribution in [0.1, 0.15) is 18.9 Å². The number of carbonyl (C=O) groups is 1. The topological polar surface area (TPSA) is 77.9 Å². The molecule has 0 unspecified atom stereocenters. The fourth-order valence-corrected chi connectivity index (χ4v) is 1.52. The van der Waals surface area contributed by atoms with Gasteiger partial charge < -0.3 is 5.32 Å². The van der Waals surface area contributed by atoms with E-state index in [9.17, 15) is 4.79 Å². The highest BCUT2D eigenvalue weighted by atomic mass is 16.1. The minimum absolute atomic E-state index is 0.0802. The molecular weight excluding hydrogens is 216 g/mol. The van der Waals surface area contributed by atoms with Crippen molar-refractivity contribution in [2.24, 2.45) is 5.11 Å². The quantitative estimate of drug-likeness (QED) is 0.456. The number of amides is 1. The molecule has 0 aromatic heterocycles. The Hall–Kier alpha value is -2.00. The second-order valence-corrected chi connectivity index (χ2v) is 3.88. The van der Waals surface area contributed by atoms with Crippen molar-refractivity contribution in [3.05, 3.63) is 46.3 Å². The van der Waals surface area contributed by atoms with E-state index in [1.54, 1.807) is 0 Å². The third kappa shape index (κ3) is 5.58. The van der Waals surface area contributed by atoms with E-state index in [0.717, 1.165) is 12.8 Å². The summed E-state index contributed by atoms with van der Waals surface area (Å²) in [6.07, 6.45) is 1.79. The summed E-state index contributed by atoms with van der Waals surface area (Å²) in [4.78, 5) is 13.8. The first-order valence-corrected chi connectivity index (χ1v) is 5.56. The minimum atomic E-state index is -0.233. The first-order chi connectivity index (χ1) is 8.22. The lowest BCUT2D eigenvalue weighted by molar-refractivity contribution is -0.120. The Balaban J connectivity index is 2.28. The average molecular weight is 232 g/mol. The first kappa shape index (κ1) is 13.1. The summed E-state index contributed by atoms with van der Waals surface area (Å²) in [7, 11) is 0. The molecule has 0 aliphatic carbocycles. The van der Waals surface area contributed by atoms with Crippen LogP contribution >= 0.6 is 0 Å². The molecule has 0 fully saturated rings. The highest BCUT2D eigenvalue weighted by molar-refractivity contribution is 5.78. The fraction of sp³-hybridized carbons (Fsp3) is 0.417. The van der Waals surface area contributed by atoms with Crippen molar-refractivity contribution in [1.82, 2.24) is 5.32 Å². The van der Waals surface area contributed by atoms with Crippen molar-refractivity contribution < 1.29 is 4.79 Å². The Bertz CT molecular complexity index is 398. The highest BCUT2D eigenvalue weighted by Crippen LogP contribution is 2.04. The van der Waals surface area contributed by atoms with Crippen LogP contribution in [0, 0.1) is 0 Å². The van der Waals surface area contributed by atoms with Gasteiger partial charge in [-0.15, -0.1) is 0 Å². The second-order valence-electron chi connectivity index (χ2n) is 3.88. The molecule has 17 heavy (non-hydrogen) atoms. The zero-order valence-corrected chi connectivity index (χ0v) is 9.84. The smallest absolute Gasteiger partial charge is 0.226 e. The molecule has 5 nitrogen and oxygen atoms in total. The number of rotatable bonds is 6. The molecule has 1 aromatic rings. The van der Waals surface area contributed by atoms with Gasteiger partial charge in [-0.25, -0.2) is 0 Å². The van der Waals surface area contributed by atoms with Crippen molar-refractivity contribution in [3.8, 4) is 0 Å². The zero-order valence-electron chi connectivity index (χ0n) is 9.84. The molecule has 0 bridgehead atoms. The van der Waals surface area contributed by atoms with Crippen LogP contribution in [0.3, 0.4) is 0 Å². The molecule has 5 heteroatoms. The van der Waals surface area contributed by atoms with Crippen molar-refractivity contribution >= 4 is 5.91 Å². The number of hydrogen-bond acceptors (Lipinski definition) is 2. The molecule has 0 spiro atoms. The van der Waals surface area contributed by atoms with Gasteiger partial charge in [0.25, 0.3) is 0 Å². The number of azide groups is 1. The molecule has 0 aliphatic rings. The van der Waals surface area contributed by atoms with E-state index >= 15 is 0 Å². The predicted octanol–water partition coefficient (Wildman–Crippen LogP) is 2.43. The van der Waals surface area contributed by atoms with Crippen LogP contribution in [0.25, 0.3) is 10.4 Å². The Kier molecular flexibility index (Phi) is 5.61. The number of aryl methyl sites for hydroxylation is 1. The standard InChI is InChI=1S/C12H16N4O/c1-10(15-12(17)9-14-16-13)7-8-11-5-3-2-4-6-11/h2-6,10H,7-9H2,1H3,(H,15,17)/t10-/m0/s1. The predicted molar refractivity (Wildman–Crippen MR) is 66.4 cm³/mol. The molecule has 1 aromatic carbocycles. The van der Waals surface area contributed by atoms with E-state index in [4.69, 9.17) is 5.53 Å². The van der Waals surface area contributed by atoms with Crippen LogP contribution in [-0.2, 0) is 11.2 Å². The van der Waals surface area contributed by atoms with Gasteiger partial charge in [0.2, 0.25) is 5.91 Å². The fourth-order valence-electron chi connectivity index (χ4n) is 1.52. The number of hydrogen-bond donors (Lipinski definition) is 1. The van der Waals surface area contributed by atoms with Crippen LogP contribution in [-0.4, -0.2) is 18.5 Å². The maximum Gasteiger partial charge on any atom is 0.226 e. The number of carbonyl (C=O) groups excluding carboxylic acids is 1. The third-order valence-corrected chi connectivity index (χ3v) is 2.39. The van der Waals surface area contributed by atoms with Crippen molar-refractivity contribution in [2.45, 2.75) is 25.8 Å². The monoisotopic (exact) mass is 232 g/mol. The van der Waals surface area contributed by atoms with E-state index < -0.39 is 0 Å². The Morgan fingerprint density at radius 3 is 2.82 bits per heavy atom. The third-order valence-electron chi connectivity index (χ3n) is 2.39. The van der Waals surface area contributed by atoms with Crippen LogP contribution in [0.5, 0.6) is 0 Å². The summed E-state index contributed by atoms with van der Waals surface area (Å²) in [6, 6.07) is 10.2. The molecular formula is C12H16N4O. The molecule has 0 saturated heterocycles. The molecule has 1 rings (SSSR count). The van der Waals surface area contributed by atoms with Gasteiger partial charge in [0.15, 0.2) is 0 Å². The van der Waals surface area contributed by atoms with Crippen LogP contribution < -0.4 is 5.32 Å². The van der Waals surface area contributed by atoms with Gasteiger partial charge in [0.05, 0.1) is 0 Å². The lowest BCUT2D eigenvalue weighted by Crippen LogP contribution is -2.34. The summed E-state index contributed by atoms with van der Waals surface area (Å²) < 4.78 is 0.